The second kappa shape index (κ2) is 4.14. The van der Waals surface area contributed by atoms with E-state index >= 15 is 0 Å². The first kappa shape index (κ1) is 8.38. The first-order valence-electron chi connectivity index (χ1n) is 4.25. The van der Waals surface area contributed by atoms with E-state index in [0.717, 1.165) is 18.5 Å². The van der Waals surface area contributed by atoms with Gasteiger partial charge in [-0.05, 0) is 29.9 Å². The molecule has 2 nitrogen and oxygen atoms in total. The van der Waals surface area contributed by atoms with Crippen molar-refractivity contribution in [1.82, 2.24) is 9.59 Å². The molecular formula is C10H10N2S. The van der Waals surface area contributed by atoms with Gasteiger partial charge in [0.25, 0.3) is 0 Å². The second-order valence-corrected chi connectivity index (χ2v) is 3.49. The molecule has 0 aliphatic heterocycles. The Labute approximate surface area is 81.4 Å². The van der Waals surface area contributed by atoms with Crippen molar-refractivity contribution in [2.24, 2.45) is 0 Å². The van der Waals surface area contributed by atoms with Crippen LogP contribution >= 0.6 is 11.5 Å². The van der Waals surface area contributed by atoms with Gasteiger partial charge in [-0.25, -0.2) is 0 Å². The Morgan fingerprint density at radius 1 is 1.08 bits per heavy atom. The normalized spacial score (nSPS) is 10.2. The highest BCUT2D eigenvalue weighted by molar-refractivity contribution is 7.03. The molecule has 2 aromatic rings. The Kier molecular flexibility index (Phi) is 2.67. The van der Waals surface area contributed by atoms with Crippen molar-refractivity contribution < 1.29 is 0 Å². The maximum absolute atomic E-state index is 4.00. The lowest BCUT2D eigenvalue weighted by molar-refractivity contribution is 0.897. The van der Waals surface area contributed by atoms with Crippen LogP contribution in [0.1, 0.15) is 11.3 Å². The smallest absolute Gasteiger partial charge is 0.0758 e. The van der Waals surface area contributed by atoms with Crippen molar-refractivity contribution in [3.8, 4) is 0 Å². The lowest BCUT2D eigenvalue weighted by atomic mass is 10.1. The topological polar surface area (TPSA) is 25.8 Å². The Hall–Kier alpha value is -1.22. The van der Waals surface area contributed by atoms with Gasteiger partial charge in [0, 0.05) is 5.38 Å². The first-order chi connectivity index (χ1) is 6.45. The molecule has 0 saturated heterocycles. The highest BCUT2D eigenvalue weighted by atomic mass is 32.1. The highest BCUT2D eigenvalue weighted by Gasteiger charge is 1.96. The molecule has 0 radical (unpaired) electrons. The molecule has 0 aliphatic carbocycles. The van der Waals surface area contributed by atoms with Crippen LogP contribution in [0.2, 0.25) is 0 Å². The molecule has 3 heteroatoms. The van der Waals surface area contributed by atoms with Crippen molar-refractivity contribution >= 4 is 11.5 Å². The Bertz CT molecular complexity index is 342. The van der Waals surface area contributed by atoms with Crippen LogP contribution in [0.15, 0.2) is 35.7 Å². The minimum Gasteiger partial charge on any atom is -0.143 e. The summed E-state index contributed by atoms with van der Waals surface area (Å²) in [4.78, 5) is 0. The number of aryl methyl sites for hydroxylation is 2. The van der Waals surface area contributed by atoms with Crippen LogP contribution in [0.4, 0.5) is 0 Å². The molecule has 0 spiro atoms. The summed E-state index contributed by atoms with van der Waals surface area (Å²) in [7, 11) is 0. The minimum absolute atomic E-state index is 0.987. The van der Waals surface area contributed by atoms with Crippen LogP contribution in [0.25, 0.3) is 0 Å². The second-order valence-electron chi connectivity index (χ2n) is 2.88. The third kappa shape index (κ3) is 2.36. The van der Waals surface area contributed by atoms with Crippen molar-refractivity contribution in [2.45, 2.75) is 12.8 Å². The lowest BCUT2D eigenvalue weighted by Crippen LogP contribution is -1.90. The van der Waals surface area contributed by atoms with Gasteiger partial charge >= 0.3 is 0 Å². The standard InChI is InChI=1S/C10H10N2S/c1-2-4-9(5-3-1)6-7-10-8-13-12-11-10/h1-5,8H,6-7H2. The van der Waals surface area contributed by atoms with Crippen molar-refractivity contribution in [3.05, 3.63) is 47.0 Å². The summed E-state index contributed by atoms with van der Waals surface area (Å²) in [6.07, 6.45) is 2.03. The van der Waals surface area contributed by atoms with Gasteiger partial charge in [0.15, 0.2) is 0 Å². The molecule has 0 saturated carbocycles. The molecule has 13 heavy (non-hydrogen) atoms. The number of rotatable bonds is 3. The van der Waals surface area contributed by atoms with Crippen molar-refractivity contribution in [3.63, 3.8) is 0 Å². The summed E-state index contributed by atoms with van der Waals surface area (Å²) in [6, 6.07) is 10.4. The largest absolute Gasteiger partial charge is 0.143 e. The van der Waals surface area contributed by atoms with Gasteiger partial charge in [0.1, 0.15) is 0 Å². The average molecular weight is 190 g/mol. The van der Waals surface area contributed by atoms with Gasteiger partial charge in [0.2, 0.25) is 0 Å². The van der Waals surface area contributed by atoms with E-state index in [1.807, 2.05) is 11.4 Å². The quantitative estimate of drug-likeness (QED) is 0.742. The fourth-order valence-electron chi connectivity index (χ4n) is 1.21. The van der Waals surface area contributed by atoms with Gasteiger partial charge < -0.3 is 0 Å². The Balaban J connectivity index is 1.94. The Morgan fingerprint density at radius 3 is 2.62 bits per heavy atom. The Morgan fingerprint density at radius 2 is 1.92 bits per heavy atom. The van der Waals surface area contributed by atoms with Crippen LogP contribution in [-0.2, 0) is 12.8 Å². The molecule has 1 heterocycles. The summed E-state index contributed by atoms with van der Waals surface area (Å²) >= 11 is 1.41. The van der Waals surface area contributed by atoms with E-state index in [4.69, 9.17) is 0 Å². The molecule has 0 N–H and O–H groups in total. The van der Waals surface area contributed by atoms with Gasteiger partial charge in [0.05, 0.1) is 5.69 Å². The molecule has 2 rings (SSSR count). The molecule has 0 aliphatic rings. The molecule has 0 fully saturated rings. The summed E-state index contributed by atoms with van der Waals surface area (Å²) < 4.78 is 3.83. The van der Waals surface area contributed by atoms with Gasteiger partial charge in [-0.15, -0.1) is 5.10 Å². The van der Waals surface area contributed by atoms with Crippen molar-refractivity contribution in [1.29, 1.82) is 0 Å². The highest BCUT2D eigenvalue weighted by Crippen LogP contribution is 2.05. The fourth-order valence-corrected chi connectivity index (χ4v) is 1.70. The molecule has 0 bridgehead atoms. The molecule has 66 valence electrons. The van der Waals surface area contributed by atoms with E-state index in [2.05, 4.69) is 33.9 Å². The zero-order valence-electron chi connectivity index (χ0n) is 7.18. The maximum Gasteiger partial charge on any atom is 0.0758 e. The average Bonchev–Trinajstić information content (AvgIpc) is 2.69. The number of hydrogen-bond acceptors (Lipinski definition) is 3. The molecule has 1 aromatic heterocycles. The SMILES string of the molecule is c1ccc(CCc2csnn2)cc1. The molecular weight excluding hydrogens is 180 g/mol. The van der Waals surface area contributed by atoms with Crippen LogP contribution in [0.5, 0.6) is 0 Å². The van der Waals surface area contributed by atoms with E-state index < -0.39 is 0 Å². The van der Waals surface area contributed by atoms with E-state index in [1.54, 1.807) is 0 Å². The van der Waals surface area contributed by atoms with Gasteiger partial charge in [-0.1, -0.05) is 34.8 Å². The lowest BCUT2D eigenvalue weighted by Gasteiger charge is -1.96. The molecule has 0 atom stereocenters. The first-order valence-corrected chi connectivity index (χ1v) is 5.08. The van der Waals surface area contributed by atoms with Crippen LogP contribution in [0, 0.1) is 0 Å². The predicted octanol–water partition coefficient (Wildman–Crippen LogP) is 2.32. The van der Waals surface area contributed by atoms with E-state index in [-0.39, 0.29) is 0 Å². The maximum atomic E-state index is 4.00. The number of hydrogen-bond donors (Lipinski definition) is 0. The van der Waals surface area contributed by atoms with Crippen LogP contribution in [-0.4, -0.2) is 9.59 Å². The van der Waals surface area contributed by atoms with Crippen LogP contribution < -0.4 is 0 Å². The zero-order chi connectivity index (χ0) is 8.93. The third-order valence-electron chi connectivity index (χ3n) is 1.92. The fraction of sp³-hybridized carbons (Fsp3) is 0.200. The summed E-state index contributed by atoms with van der Waals surface area (Å²) in [5.41, 5.74) is 2.45. The zero-order valence-corrected chi connectivity index (χ0v) is 8.00. The third-order valence-corrected chi connectivity index (χ3v) is 2.47. The van der Waals surface area contributed by atoms with Crippen LogP contribution in [0.3, 0.4) is 0 Å². The summed E-state index contributed by atoms with van der Waals surface area (Å²) in [5.74, 6) is 0. The van der Waals surface area contributed by atoms with E-state index in [0.29, 0.717) is 0 Å². The molecule has 0 unspecified atom stereocenters. The van der Waals surface area contributed by atoms with Gasteiger partial charge in [-0.2, -0.15) is 0 Å². The predicted molar refractivity (Wildman–Crippen MR) is 53.8 cm³/mol. The number of nitrogens with zero attached hydrogens (tertiary/aromatic N) is 2. The molecule has 1 aromatic carbocycles. The van der Waals surface area contributed by atoms with E-state index in [9.17, 15) is 0 Å². The number of benzene rings is 1. The minimum atomic E-state index is 0.987. The molecule has 0 amide bonds. The monoisotopic (exact) mass is 190 g/mol. The number of aromatic nitrogens is 2. The van der Waals surface area contributed by atoms with Gasteiger partial charge in [-0.3, -0.25) is 0 Å². The van der Waals surface area contributed by atoms with E-state index in [1.165, 1.54) is 17.1 Å². The van der Waals surface area contributed by atoms with Crippen molar-refractivity contribution in [2.75, 3.05) is 0 Å². The summed E-state index contributed by atoms with van der Waals surface area (Å²) in [5, 5.41) is 6.00. The summed E-state index contributed by atoms with van der Waals surface area (Å²) in [6.45, 7) is 0.